The summed E-state index contributed by atoms with van der Waals surface area (Å²) in [6, 6.07) is 2.47. The van der Waals surface area contributed by atoms with Crippen LogP contribution in [0.5, 0.6) is 0 Å². The van der Waals surface area contributed by atoms with Gasteiger partial charge in [-0.2, -0.15) is 5.26 Å². The van der Waals surface area contributed by atoms with Gasteiger partial charge in [-0.3, -0.25) is 14.4 Å². The second kappa shape index (κ2) is 7.44. The van der Waals surface area contributed by atoms with E-state index >= 15 is 0 Å². The van der Waals surface area contributed by atoms with Crippen LogP contribution in [0.2, 0.25) is 0 Å². The number of allylic oxidation sites excluding steroid dienone is 4. The molecule has 0 saturated heterocycles. The van der Waals surface area contributed by atoms with Gasteiger partial charge in [0.2, 0.25) is 0 Å². The summed E-state index contributed by atoms with van der Waals surface area (Å²) in [5.74, 6) is -3.15. The molecular formula is C31H41NO5. The highest BCUT2D eigenvalue weighted by atomic mass is 16.4. The molecule has 0 bridgehead atoms. The fraction of sp³-hybridized carbons (Fsp3) is 0.742. The van der Waals surface area contributed by atoms with E-state index in [0.717, 1.165) is 5.57 Å². The first-order valence-corrected chi connectivity index (χ1v) is 13.8. The number of ketones is 2. The van der Waals surface area contributed by atoms with E-state index in [-0.39, 0.29) is 17.5 Å². The van der Waals surface area contributed by atoms with E-state index in [2.05, 4.69) is 19.9 Å². The molecule has 0 spiro atoms. The number of nitriles is 1. The largest absolute Gasteiger partial charge is 0.481 e. The molecule has 0 radical (unpaired) electrons. The number of carbonyl (C=O) groups is 3. The number of carboxylic acids is 1. The maximum atomic E-state index is 14.3. The molecular weight excluding hydrogens is 466 g/mol. The summed E-state index contributed by atoms with van der Waals surface area (Å²) in [7, 11) is 0. The van der Waals surface area contributed by atoms with Crippen LogP contribution in [0.25, 0.3) is 0 Å². The van der Waals surface area contributed by atoms with Gasteiger partial charge in [-0.05, 0) is 66.1 Å². The SMILES string of the molecule is CC1(C)CCC2(C(=O)O)CCC3(C)C(C(=O)C=C4C5(C)C=CC(=O)C(C)(C)C5C(O)CC43C)C2C1C#N. The minimum atomic E-state index is -1.10. The molecule has 5 aliphatic carbocycles. The predicted molar refractivity (Wildman–Crippen MR) is 138 cm³/mol. The van der Waals surface area contributed by atoms with Crippen LogP contribution in [0.3, 0.4) is 0 Å². The standard InChI is InChI=1S/C31H41NO5/c1-26(2)10-12-31(25(36)37)13-11-29(6)23(22(31)17(26)16-32)18(33)14-20-28(5)9-8-21(35)27(3,4)24(28)19(34)15-30(20,29)7/h8-9,14,17,19,22-24,34H,10-13,15H2,1-7H3,(H,36,37). The van der Waals surface area contributed by atoms with Gasteiger partial charge in [0.1, 0.15) is 0 Å². The lowest BCUT2D eigenvalue weighted by molar-refractivity contribution is -0.201. The molecule has 0 amide bonds. The third-order valence-electron chi connectivity index (χ3n) is 12.4. The summed E-state index contributed by atoms with van der Waals surface area (Å²) in [4.78, 5) is 40.1. The molecule has 3 fully saturated rings. The molecule has 9 atom stereocenters. The van der Waals surface area contributed by atoms with E-state index in [9.17, 15) is 29.9 Å². The lowest BCUT2D eigenvalue weighted by Gasteiger charge is -2.69. The Hall–Kier alpha value is -2.26. The second-order valence-electron chi connectivity index (χ2n) is 14.7. The monoisotopic (exact) mass is 507 g/mol. The Morgan fingerprint density at radius 3 is 2.24 bits per heavy atom. The summed E-state index contributed by atoms with van der Waals surface area (Å²) in [6.07, 6.45) is 6.93. The molecule has 5 rings (SSSR count). The van der Waals surface area contributed by atoms with E-state index in [1.807, 2.05) is 40.7 Å². The van der Waals surface area contributed by atoms with Gasteiger partial charge >= 0.3 is 5.97 Å². The summed E-state index contributed by atoms with van der Waals surface area (Å²) in [6.45, 7) is 14.1. The van der Waals surface area contributed by atoms with Gasteiger partial charge in [-0.1, -0.05) is 54.5 Å². The molecule has 37 heavy (non-hydrogen) atoms. The Morgan fingerprint density at radius 1 is 1.03 bits per heavy atom. The van der Waals surface area contributed by atoms with Crippen LogP contribution < -0.4 is 0 Å². The first-order chi connectivity index (χ1) is 16.9. The minimum Gasteiger partial charge on any atom is -0.481 e. The van der Waals surface area contributed by atoms with Crippen molar-refractivity contribution >= 4 is 17.5 Å². The van der Waals surface area contributed by atoms with Crippen molar-refractivity contribution in [3.8, 4) is 6.07 Å². The predicted octanol–water partition coefficient (Wildman–Crippen LogP) is 5.12. The number of hydrogen-bond donors (Lipinski definition) is 2. The molecule has 5 aliphatic rings. The van der Waals surface area contributed by atoms with Crippen molar-refractivity contribution in [1.82, 2.24) is 0 Å². The third kappa shape index (κ3) is 2.93. The average molecular weight is 508 g/mol. The van der Waals surface area contributed by atoms with Gasteiger partial charge in [0.15, 0.2) is 11.6 Å². The first kappa shape index (κ1) is 26.4. The third-order valence-corrected chi connectivity index (χ3v) is 12.4. The van der Waals surface area contributed by atoms with Crippen LogP contribution >= 0.6 is 0 Å². The average Bonchev–Trinajstić information content (AvgIpc) is 2.77. The van der Waals surface area contributed by atoms with Gasteiger partial charge in [0, 0.05) is 28.6 Å². The zero-order valence-corrected chi connectivity index (χ0v) is 23.2. The van der Waals surface area contributed by atoms with E-state index in [1.54, 1.807) is 12.2 Å². The van der Waals surface area contributed by atoms with Crippen molar-refractivity contribution in [3.05, 3.63) is 23.8 Å². The molecule has 0 aliphatic heterocycles. The van der Waals surface area contributed by atoms with Gasteiger partial charge in [-0.15, -0.1) is 0 Å². The number of rotatable bonds is 1. The van der Waals surface area contributed by atoms with Gasteiger partial charge in [0.05, 0.1) is 23.5 Å². The first-order valence-electron chi connectivity index (χ1n) is 13.8. The maximum absolute atomic E-state index is 14.3. The van der Waals surface area contributed by atoms with Gasteiger partial charge in [0.25, 0.3) is 0 Å². The highest BCUT2D eigenvalue weighted by molar-refractivity contribution is 5.98. The Balaban J connectivity index is 1.75. The molecule has 3 saturated carbocycles. The van der Waals surface area contributed by atoms with Crippen LogP contribution in [-0.2, 0) is 14.4 Å². The summed E-state index contributed by atoms with van der Waals surface area (Å²) in [5, 5.41) is 32.7. The molecule has 200 valence electrons. The number of aliphatic carboxylic acids is 1. The lowest BCUT2D eigenvalue weighted by Crippen LogP contribution is -2.68. The Bertz CT molecular complexity index is 1200. The maximum Gasteiger partial charge on any atom is 0.309 e. The molecule has 0 aromatic rings. The highest BCUT2D eigenvalue weighted by Crippen LogP contribution is 2.74. The van der Waals surface area contributed by atoms with E-state index in [4.69, 9.17) is 0 Å². The molecule has 0 heterocycles. The Morgan fingerprint density at radius 2 is 1.65 bits per heavy atom. The van der Waals surface area contributed by atoms with Crippen LogP contribution in [0.4, 0.5) is 0 Å². The number of aliphatic hydroxyl groups excluding tert-OH is 1. The van der Waals surface area contributed by atoms with Gasteiger partial charge in [-0.25, -0.2) is 0 Å². The van der Waals surface area contributed by atoms with Crippen molar-refractivity contribution in [1.29, 1.82) is 5.26 Å². The fourth-order valence-corrected chi connectivity index (χ4v) is 10.2. The molecule has 9 unspecified atom stereocenters. The normalized spacial score (nSPS) is 49.5. The smallest absolute Gasteiger partial charge is 0.309 e. The summed E-state index contributed by atoms with van der Waals surface area (Å²) in [5.41, 5.74) is -3.25. The van der Waals surface area contributed by atoms with E-state index < -0.39 is 62.3 Å². The molecule has 0 aromatic carbocycles. The fourth-order valence-electron chi connectivity index (χ4n) is 10.2. The quantitative estimate of drug-likeness (QED) is 0.509. The number of fused-ring (bicyclic) bond motifs is 7. The second-order valence-corrected chi connectivity index (χ2v) is 14.7. The summed E-state index contributed by atoms with van der Waals surface area (Å²) < 4.78 is 0. The summed E-state index contributed by atoms with van der Waals surface area (Å²) >= 11 is 0. The van der Waals surface area contributed by atoms with Gasteiger partial charge < -0.3 is 10.2 Å². The van der Waals surface area contributed by atoms with Crippen molar-refractivity contribution in [2.75, 3.05) is 0 Å². The van der Waals surface area contributed by atoms with Crippen molar-refractivity contribution in [3.63, 3.8) is 0 Å². The van der Waals surface area contributed by atoms with Crippen LogP contribution in [-0.4, -0.2) is 33.9 Å². The molecule has 0 aromatic heterocycles. The Labute approximate surface area is 220 Å². The number of hydrogen-bond acceptors (Lipinski definition) is 5. The lowest BCUT2D eigenvalue weighted by atomic mass is 9.33. The topological polar surface area (TPSA) is 115 Å². The highest BCUT2D eigenvalue weighted by Gasteiger charge is 2.73. The van der Waals surface area contributed by atoms with E-state index in [1.165, 1.54) is 0 Å². The minimum absolute atomic E-state index is 0.0188. The number of nitrogens with zero attached hydrogens (tertiary/aromatic N) is 1. The van der Waals surface area contributed by atoms with Crippen molar-refractivity contribution in [2.24, 2.45) is 56.2 Å². The van der Waals surface area contributed by atoms with Crippen LogP contribution in [0.15, 0.2) is 23.8 Å². The number of carbonyl (C=O) groups excluding carboxylic acids is 2. The zero-order chi connectivity index (χ0) is 27.6. The zero-order valence-electron chi connectivity index (χ0n) is 23.2. The van der Waals surface area contributed by atoms with Crippen LogP contribution in [0, 0.1) is 67.5 Å². The molecule has 6 nitrogen and oxygen atoms in total. The molecule has 6 heteroatoms. The number of carboxylic acid groups (broad SMARTS) is 1. The molecule has 2 N–H and O–H groups in total. The number of aliphatic hydroxyl groups is 1. The van der Waals surface area contributed by atoms with E-state index in [0.29, 0.717) is 32.1 Å². The van der Waals surface area contributed by atoms with Crippen molar-refractivity contribution in [2.45, 2.75) is 86.7 Å². The Kier molecular flexibility index (Phi) is 5.30. The van der Waals surface area contributed by atoms with Crippen LogP contribution in [0.1, 0.15) is 80.6 Å². The van der Waals surface area contributed by atoms with Crippen molar-refractivity contribution < 1.29 is 24.6 Å².